The Kier molecular flexibility index (Phi) is 7.83. The van der Waals surface area contributed by atoms with Crippen LogP contribution in [-0.4, -0.2) is 23.1 Å². The van der Waals surface area contributed by atoms with E-state index in [1.54, 1.807) is 0 Å². The Morgan fingerprint density at radius 3 is 2.76 bits per heavy atom. The fourth-order valence-electron chi connectivity index (χ4n) is 2.89. The third-order valence-electron chi connectivity index (χ3n) is 4.47. The molecule has 0 fully saturated rings. The molecule has 0 amide bonds. The van der Waals surface area contributed by atoms with Crippen molar-refractivity contribution < 1.29 is 13.6 Å². The first kappa shape index (κ1) is 22.0. The average Bonchev–Trinajstić information content (AvgIpc) is 3.17. The minimum atomic E-state index is -0.997. The molecule has 0 saturated heterocycles. The van der Waals surface area contributed by atoms with Gasteiger partial charge in [0, 0.05) is 11.6 Å². The molecule has 4 nitrogen and oxygen atoms in total. The molecule has 0 spiro atoms. The van der Waals surface area contributed by atoms with Crippen LogP contribution in [0.3, 0.4) is 0 Å². The zero-order valence-corrected chi connectivity index (χ0v) is 16.3. The molecule has 0 bridgehead atoms. The van der Waals surface area contributed by atoms with Gasteiger partial charge in [0.2, 0.25) is 0 Å². The molecule has 1 aliphatic heterocycles. The summed E-state index contributed by atoms with van der Waals surface area (Å²) < 4.78 is 28.0. The molecule has 1 atom stereocenters. The van der Waals surface area contributed by atoms with Crippen LogP contribution in [0.4, 0.5) is 14.6 Å². The third kappa shape index (κ3) is 5.38. The van der Waals surface area contributed by atoms with Crippen molar-refractivity contribution in [2.75, 3.05) is 12.0 Å². The van der Waals surface area contributed by atoms with Crippen LogP contribution in [0.25, 0.3) is 0 Å². The molecular formula is C23H24F2N2O2. The first-order valence-electron chi connectivity index (χ1n) is 9.19. The van der Waals surface area contributed by atoms with Gasteiger partial charge in [-0.15, -0.1) is 0 Å². The third-order valence-corrected chi connectivity index (χ3v) is 4.47. The number of pyridine rings is 1. The summed E-state index contributed by atoms with van der Waals surface area (Å²) in [6.45, 7) is 8.51. The van der Waals surface area contributed by atoms with Crippen LogP contribution in [0.15, 0.2) is 89.6 Å². The Morgan fingerprint density at radius 1 is 1.34 bits per heavy atom. The maximum absolute atomic E-state index is 13.5. The van der Waals surface area contributed by atoms with Gasteiger partial charge < -0.3 is 5.32 Å². The largest absolute Gasteiger partial charge is 0.362 e. The number of aromatic nitrogens is 1. The van der Waals surface area contributed by atoms with Crippen molar-refractivity contribution in [3.05, 3.63) is 101 Å². The van der Waals surface area contributed by atoms with Crippen molar-refractivity contribution >= 4 is 11.6 Å². The Hall–Kier alpha value is -3.28. The number of rotatable bonds is 9. The molecule has 2 rings (SSSR count). The molecule has 0 radical (unpaired) electrons. The number of allylic oxidation sites excluding steroid dienone is 8. The van der Waals surface area contributed by atoms with E-state index in [9.17, 15) is 18.4 Å². The standard InChI is InChI=1S/C23H24F2N2O2/c1-4-6-7-9-16(3)20-15-27-21(28)13-12-19(23(27)26-20)22(29)17(14-24)10-8-11-18(25)5-2/h4-7,9-13,20,26H,2-3,8,14-15H2,1H3/b6-4-,9-7-,17-10+,18-11+. The summed E-state index contributed by atoms with van der Waals surface area (Å²) in [6.07, 6.45) is 11.0. The van der Waals surface area contributed by atoms with Crippen molar-refractivity contribution in [3.63, 3.8) is 0 Å². The van der Waals surface area contributed by atoms with Gasteiger partial charge in [-0.25, -0.2) is 8.78 Å². The van der Waals surface area contributed by atoms with Crippen molar-refractivity contribution in [2.45, 2.75) is 25.9 Å². The molecule has 1 aromatic heterocycles. The molecule has 0 saturated carbocycles. The predicted octanol–water partition coefficient (Wildman–Crippen LogP) is 4.84. The molecule has 0 aromatic carbocycles. The van der Waals surface area contributed by atoms with Crippen LogP contribution < -0.4 is 10.9 Å². The van der Waals surface area contributed by atoms with Gasteiger partial charge in [-0.3, -0.25) is 14.2 Å². The average molecular weight is 398 g/mol. The van der Waals surface area contributed by atoms with E-state index in [1.165, 1.54) is 28.9 Å². The van der Waals surface area contributed by atoms with Gasteiger partial charge in [-0.05, 0) is 37.1 Å². The van der Waals surface area contributed by atoms with Gasteiger partial charge in [-0.1, -0.05) is 43.5 Å². The van der Waals surface area contributed by atoms with Gasteiger partial charge in [0.1, 0.15) is 18.3 Å². The van der Waals surface area contributed by atoms with E-state index >= 15 is 0 Å². The molecule has 1 aliphatic rings. The first-order valence-corrected chi connectivity index (χ1v) is 9.19. The Labute approximate surface area is 168 Å². The maximum Gasteiger partial charge on any atom is 0.252 e. The molecule has 1 N–H and O–H groups in total. The molecule has 152 valence electrons. The van der Waals surface area contributed by atoms with Gasteiger partial charge in [0.15, 0.2) is 5.78 Å². The number of anilines is 1. The van der Waals surface area contributed by atoms with E-state index < -0.39 is 18.3 Å². The van der Waals surface area contributed by atoms with Crippen LogP contribution in [0.1, 0.15) is 23.7 Å². The molecule has 1 unspecified atom stereocenters. The summed E-state index contributed by atoms with van der Waals surface area (Å²) >= 11 is 0. The van der Waals surface area contributed by atoms with Crippen molar-refractivity contribution in [1.29, 1.82) is 0 Å². The predicted molar refractivity (Wildman–Crippen MR) is 114 cm³/mol. The van der Waals surface area contributed by atoms with E-state index in [4.69, 9.17) is 0 Å². The van der Waals surface area contributed by atoms with Crippen molar-refractivity contribution in [2.24, 2.45) is 0 Å². The molecule has 29 heavy (non-hydrogen) atoms. The normalized spacial score (nSPS) is 16.9. The van der Waals surface area contributed by atoms with Crippen LogP contribution in [0, 0.1) is 0 Å². The number of nitrogens with zero attached hydrogens (tertiary/aromatic N) is 1. The Morgan fingerprint density at radius 2 is 2.10 bits per heavy atom. The van der Waals surface area contributed by atoms with Crippen LogP contribution in [-0.2, 0) is 6.54 Å². The summed E-state index contributed by atoms with van der Waals surface area (Å²) in [5.41, 5.74) is 0.570. The zero-order valence-electron chi connectivity index (χ0n) is 16.3. The lowest BCUT2D eigenvalue weighted by Crippen LogP contribution is -2.21. The number of carbonyl (C=O) groups is 1. The van der Waals surface area contributed by atoms with E-state index in [1.807, 2.05) is 31.2 Å². The highest BCUT2D eigenvalue weighted by atomic mass is 19.1. The molecule has 2 heterocycles. The Bertz CT molecular complexity index is 981. The smallest absolute Gasteiger partial charge is 0.252 e. The molecule has 6 heteroatoms. The number of Topliss-reactive ketones (excluding diaryl/α,β-unsaturated/α-hetero) is 1. The van der Waals surface area contributed by atoms with Crippen LogP contribution in [0.5, 0.6) is 0 Å². The lowest BCUT2D eigenvalue weighted by atomic mass is 10.0. The second-order valence-electron chi connectivity index (χ2n) is 6.42. The second kappa shape index (κ2) is 10.3. The molecule has 0 aliphatic carbocycles. The molecular weight excluding hydrogens is 374 g/mol. The lowest BCUT2D eigenvalue weighted by Gasteiger charge is -2.11. The molecule has 1 aromatic rings. The van der Waals surface area contributed by atoms with E-state index in [2.05, 4.69) is 18.5 Å². The van der Waals surface area contributed by atoms with Gasteiger partial charge in [0.25, 0.3) is 5.56 Å². The fraction of sp³-hybridized carbons (Fsp3) is 0.217. The maximum atomic E-state index is 13.5. The number of alkyl halides is 1. The highest BCUT2D eigenvalue weighted by molar-refractivity contribution is 6.12. The number of carbonyl (C=O) groups excluding carboxylic acids is 1. The summed E-state index contributed by atoms with van der Waals surface area (Å²) in [6, 6.07) is 2.40. The zero-order chi connectivity index (χ0) is 21.4. The monoisotopic (exact) mass is 398 g/mol. The summed E-state index contributed by atoms with van der Waals surface area (Å²) in [7, 11) is 0. The number of hydrogen-bond donors (Lipinski definition) is 1. The fourth-order valence-corrected chi connectivity index (χ4v) is 2.89. The van der Waals surface area contributed by atoms with E-state index in [-0.39, 0.29) is 29.2 Å². The minimum Gasteiger partial charge on any atom is -0.362 e. The summed E-state index contributed by atoms with van der Waals surface area (Å²) in [5, 5.41) is 3.15. The van der Waals surface area contributed by atoms with Gasteiger partial charge in [-0.2, -0.15) is 0 Å². The van der Waals surface area contributed by atoms with E-state index in [0.29, 0.717) is 12.4 Å². The lowest BCUT2D eigenvalue weighted by molar-refractivity contribution is 0.102. The summed E-state index contributed by atoms with van der Waals surface area (Å²) in [4.78, 5) is 25.1. The van der Waals surface area contributed by atoms with Crippen molar-refractivity contribution in [3.8, 4) is 0 Å². The van der Waals surface area contributed by atoms with E-state index in [0.717, 1.165) is 11.6 Å². The Balaban J connectivity index is 2.31. The first-order chi connectivity index (χ1) is 13.9. The topological polar surface area (TPSA) is 51.1 Å². The van der Waals surface area contributed by atoms with Gasteiger partial charge >= 0.3 is 0 Å². The quantitative estimate of drug-likeness (QED) is 0.368. The van der Waals surface area contributed by atoms with Crippen LogP contribution in [0.2, 0.25) is 0 Å². The highest BCUT2D eigenvalue weighted by Gasteiger charge is 2.28. The number of ketones is 1. The minimum absolute atomic E-state index is 0.0560. The number of fused-ring (bicyclic) bond motifs is 1. The van der Waals surface area contributed by atoms with Gasteiger partial charge in [0.05, 0.1) is 18.2 Å². The number of halogens is 2. The van der Waals surface area contributed by atoms with Crippen molar-refractivity contribution in [1.82, 2.24) is 4.57 Å². The number of nitrogens with one attached hydrogen (secondary N) is 1. The highest BCUT2D eigenvalue weighted by Crippen LogP contribution is 2.26. The summed E-state index contributed by atoms with van der Waals surface area (Å²) in [5.74, 6) is -0.764. The second-order valence-corrected chi connectivity index (χ2v) is 6.42. The SMILES string of the molecule is C=C/C(F)=C\C/C=C(\CF)C(=O)c1ccc(=O)n2c1NC(C(=C)/C=C\C=C/C)C2. The van der Waals surface area contributed by atoms with Crippen LogP contribution >= 0.6 is 0 Å². The number of hydrogen-bond acceptors (Lipinski definition) is 3.